The van der Waals surface area contributed by atoms with Crippen LogP contribution in [0.1, 0.15) is 129 Å². The van der Waals surface area contributed by atoms with Gasteiger partial charge in [0, 0.05) is 6.61 Å². The van der Waals surface area contributed by atoms with Crippen molar-refractivity contribution in [3.05, 3.63) is 0 Å². The second kappa shape index (κ2) is 14.0. The monoisotopic (exact) mass is 364 g/mol. The molecule has 0 aromatic rings. The first kappa shape index (κ1) is 22.3. The molecule has 2 rings (SSSR count). The predicted molar refractivity (Wildman–Crippen MR) is 115 cm³/mol. The Morgan fingerprint density at radius 1 is 0.577 bits per heavy atom. The maximum Gasteiger partial charge on any atom is 0.0575 e. The highest BCUT2D eigenvalue weighted by atomic mass is 16.5. The summed E-state index contributed by atoms with van der Waals surface area (Å²) in [5.74, 6) is 3.15. The van der Waals surface area contributed by atoms with Crippen molar-refractivity contribution < 1.29 is 4.74 Å². The molecule has 0 spiro atoms. The van der Waals surface area contributed by atoms with Crippen molar-refractivity contribution in [1.82, 2.24) is 0 Å². The van der Waals surface area contributed by atoms with Gasteiger partial charge in [-0.2, -0.15) is 0 Å². The Morgan fingerprint density at radius 3 is 1.77 bits per heavy atom. The van der Waals surface area contributed by atoms with Gasteiger partial charge in [0.2, 0.25) is 0 Å². The molecule has 0 unspecified atom stereocenters. The topological polar surface area (TPSA) is 9.23 Å². The van der Waals surface area contributed by atoms with Gasteiger partial charge in [0.1, 0.15) is 0 Å². The van der Waals surface area contributed by atoms with Crippen molar-refractivity contribution in [2.75, 3.05) is 6.61 Å². The van der Waals surface area contributed by atoms with E-state index in [1.54, 1.807) is 0 Å². The predicted octanol–water partition coefficient (Wildman–Crippen LogP) is 8.31. The minimum absolute atomic E-state index is 0.590. The summed E-state index contributed by atoms with van der Waals surface area (Å²) < 4.78 is 6.20. The number of rotatable bonds is 13. The van der Waals surface area contributed by atoms with E-state index in [9.17, 15) is 0 Å². The lowest BCUT2D eigenvalue weighted by Gasteiger charge is -2.38. The fourth-order valence-corrected chi connectivity index (χ4v) is 5.49. The van der Waals surface area contributed by atoms with Crippen LogP contribution in [0, 0.1) is 17.8 Å². The first-order chi connectivity index (χ1) is 12.8. The number of hydrogen-bond donors (Lipinski definition) is 0. The van der Waals surface area contributed by atoms with Crippen molar-refractivity contribution in [3.8, 4) is 0 Å². The minimum atomic E-state index is 0.590. The molecule has 2 aliphatic rings. The lowest BCUT2D eigenvalue weighted by molar-refractivity contribution is 0.00526. The van der Waals surface area contributed by atoms with Crippen LogP contribution in [0.15, 0.2) is 0 Å². The molecule has 154 valence electrons. The highest BCUT2D eigenvalue weighted by molar-refractivity contribution is 4.82. The van der Waals surface area contributed by atoms with Crippen LogP contribution in [0.5, 0.6) is 0 Å². The Balaban J connectivity index is 1.48. The second-order valence-electron chi connectivity index (χ2n) is 9.45. The average molecular weight is 365 g/mol. The first-order valence-electron chi connectivity index (χ1n) is 12.4. The summed E-state index contributed by atoms with van der Waals surface area (Å²) in [4.78, 5) is 0. The minimum Gasteiger partial charge on any atom is -0.378 e. The Kier molecular flexibility index (Phi) is 12.0. The summed E-state index contributed by atoms with van der Waals surface area (Å²) in [5, 5.41) is 0. The van der Waals surface area contributed by atoms with E-state index in [-0.39, 0.29) is 0 Å². The normalized spacial score (nSPS) is 29.8. The van der Waals surface area contributed by atoms with E-state index in [4.69, 9.17) is 4.74 Å². The van der Waals surface area contributed by atoms with Gasteiger partial charge < -0.3 is 4.74 Å². The Bertz CT molecular complexity index is 310. The van der Waals surface area contributed by atoms with Gasteiger partial charge >= 0.3 is 0 Å². The molecule has 0 atom stereocenters. The van der Waals surface area contributed by atoms with Gasteiger partial charge in [0.05, 0.1) is 6.10 Å². The molecule has 0 aliphatic heterocycles. The van der Waals surface area contributed by atoms with Crippen LogP contribution in [-0.4, -0.2) is 12.7 Å². The molecule has 0 amide bonds. The largest absolute Gasteiger partial charge is 0.378 e. The fourth-order valence-electron chi connectivity index (χ4n) is 5.49. The molecule has 1 heteroatoms. The van der Waals surface area contributed by atoms with Gasteiger partial charge in [-0.3, -0.25) is 0 Å². The zero-order valence-electron chi connectivity index (χ0n) is 18.2. The highest BCUT2D eigenvalue weighted by Gasteiger charge is 2.30. The second-order valence-corrected chi connectivity index (χ2v) is 9.45. The highest BCUT2D eigenvalue weighted by Crippen LogP contribution is 2.41. The van der Waals surface area contributed by atoms with Crippen LogP contribution >= 0.6 is 0 Å². The van der Waals surface area contributed by atoms with Crippen molar-refractivity contribution in [2.24, 2.45) is 17.8 Å². The molecule has 0 aromatic carbocycles. The molecule has 2 saturated carbocycles. The molecule has 0 aromatic heterocycles. The molecular weight excluding hydrogens is 316 g/mol. The molecule has 0 bridgehead atoms. The third-order valence-electron chi connectivity index (χ3n) is 7.34. The van der Waals surface area contributed by atoms with E-state index in [0.717, 1.165) is 24.4 Å². The smallest absolute Gasteiger partial charge is 0.0575 e. The first-order valence-corrected chi connectivity index (χ1v) is 12.4. The van der Waals surface area contributed by atoms with E-state index >= 15 is 0 Å². The SMILES string of the molecule is CCCCCCCCOC1CCC(C2CCC(CCCCC)CC2)CC1. The summed E-state index contributed by atoms with van der Waals surface area (Å²) >= 11 is 0. The van der Waals surface area contributed by atoms with Gasteiger partial charge in [-0.1, -0.05) is 84.5 Å². The molecule has 0 saturated heterocycles. The van der Waals surface area contributed by atoms with Gasteiger partial charge in [-0.15, -0.1) is 0 Å². The molecule has 26 heavy (non-hydrogen) atoms. The number of ether oxygens (including phenoxy) is 1. The zero-order chi connectivity index (χ0) is 18.5. The Morgan fingerprint density at radius 2 is 1.12 bits per heavy atom. The summed E-state index contributed by atoms with van der Waals surface area (Å²) in [5.41, 5.74) is 0. The maximum absolute atomic E-state index is 6.20. The van der Waals surface area contributed by atoms with Crippen LogP contribution in [0.3, 0.4) is 0 Å². The summed E-state index contributed by atoms with van der Waals surface area (Å²) in [6.07, 6.45) is 26.4. The molecule has 2 fully saturated rings. The molecule has 1 nitrogen and oxygen atoms in total. The van der Waals surface area contributed by atoms with Crippen LogP contribution < -0.4 is 0 Å². The van der Waals surface area contributed by atoms with Crippen molar-refractivity contribution in [3.63, 3.8) is 0 Å². The van der Waals surface area contributed by atoms with E-state index < -0.39 is 0 Å². The molecule has 0 radical (unpaired) electrons. The zero-order valence-corrected chi connectivity index (χ0v) is 18.2. The van der Waals surface area contributed by atoms with Crippen molar-refractivity contribution in [1.29, 1.82) is 0 Å². The number of unbranched alkanes of at least 4 members (excludes halogenated alkanes) is 7. The Labute approximate surface area is 165 Å². The third kappa shape index (κ3) is 8.77. The van der Waals surface area contributed by atoms with Gasteiger partial charge in [0.25, 0.3) is 0 Å². The molecular formula is C25H48O. The van der Waals surface area contributed by atoms with E-state index in [1.807, 2.05) is 0 Å². The summed E-state index contributed by atoms with van der Waals surface area (Å²) in [6.45, 7) is 5.63. The third-order valence-corrected chi connectivity index (χ3v) is 7.34. The van der Waals surface area contributed by atoms with Gasteiger partial charge in [-0.05, 0) is 62.7 Å². The van der Waals surface area contributed by atoms with Gasteiger partial charge in [0.15, 0.2) is 0 Å². The number of hydrogen-bond acceptors (Lipinski definition) is 1. The van der Waals surface area contributed by atoms with Crippen LogP contribution in [0.25, 0.3) is 0 Å². The van der Waals surface area contributed by atoms with Gasteiger partial charge in [-0.25, -0.2) is 0 Å². The molecule has 0 heterocycles. The van der Waals surface area contributed by atoms with Crippen molar-refractivity contribution in [2.45, 2.75) is 136 Å². The van der Waals surface area contributed by atoms with E-state index in [0.29, 0.717) is 6.10 Å². The summed E-state index contributed by atoms with van der Waals surface area (Å²) in [7, 11) is 0. The van der Waals surface area contributed by atoms with Crippen LogP contribution in [-0.2, 0) is 4.74 Å². The quantitative estimate of drug-likeness (QED) is 0.298. The van der Waals surface area contributed by atoms with Crippen LogP contribution in [0.2, 0.25) is 0 Å². The maximum atomic E-state index is 6.20. The average Bonchev–Trinajstić information content (AvgIpc) is 2.69. The molecule has 2 aliphatic carbocycles. The molecule has 0 N–H and O–H groups in total. The lowest BCUT2D eigenvalue weighted by Crippen LogP contribution is -2.28. The lowest BCUT2D eigenvalue weighted by atomic mass is 9.70. The fraction of sp³-hybridized carbons (Fsp3) is 1.00. The summed E-state index contributed by atoms with van der Waals surface area (Å²) in [6, 6.07) is 0. The van der Waals surface area contributed by atoms with Crippen molar-refractivity contribution >= 4 is 0 Å². The van der Waals surface area contributed by atoms with E-state index in [2.05, 4.69) is 13.8 Å². The Hall–Kier alpha value is -0.0400. The van der Waals surface area contributed by atoms with Crippen LogP contribution in [0.4, 0.5) is 0 Å². The standard InChI is InChI=1S/C25H48O/c1-3-5-7-8-9-11-21-26-25-19-17-24(18-20-25)23-15-13-22(14-16-23)12-10-6-4-2/h22-25H,3-21H2,1-2H3. The van der Waals surface area contributed by atoms with E-state index in [1.165, 1.54) is 116 Å².